The second kappa shape index (κ2) is 9.40. The molecular formula is C17H28N2O2. The largest absolute Gasteiger partial charge is 0.496 e. The summed E-state index contributed by atoms with van der Waals surface area (Å²) in [6, 6.07) is 5.67. The van der Waals surface area contributed by atoms with E-state index in [1.165, 1.54) is 0 Å². The highest BCUT2D eigenvalue weighted by molar-refractivity contribution is 5.90. The predicted octanol–water partition coefficient (Wildman–Crippen LogP) is 3.49. The molecule has 0 saturated heterocycles. The average molecular weight is 292 g/mol. The minimum Gasteiger partial charge on any atom is -0.496 e. The highest BCUT2D eigenvalue weighted by Gasteiger charge is 2.10. The highest BCUT2D eigenvalue weighted by atomic mass is 16.5. The minimum absolute atomic E-state index is 0.0673. The van der Waals surface area contributed by atoms with Crippen LogP contribution in [0.25, 0.3) is 0 Å². The van der Waals surface area contributed by atoms with E-state index in [4.69, 9.17) is 10.5 Å². The van der Waals surface area contributed by atoms with Gasteiger partial charge in [-0.05, 0) is 56.0 Å². The summed E-state index contributed by atoms with van der Waals surface area (Å²) in [5.74, 6) is 1.46. The van der Waals surface area contributed by atoms with Gasteiger partial charge in [0.25, 0.3) is 0 Å². The molecule has 0 bridgehead atoms. The lowest BCUT2D eigenvalue weighted by molar-refractivity contribution is -0.116. The first-order valence-corrected chi connectivity index (χ1v) is 7.75. The van der Waals surface area contributed by atoms with E-state index in [0.29, 0.717) is 18.9 Å². The number of hydrogen-bond acceptors (Lipinski definition) is 3. The van der Waals surface area contributed by atoms with E-state index in [1.807, 2.05) is 25.1 Å². The van der Waals surface area contributed by atoms with Gasteiger partial charge in [0.1, 0.15) is 5.75 Å². The maximum absolute atomic E-state index is 12.0. The van der Waals surface area contributed by atoms with E-state index in [1.54, 1.807) is 7.11 Å². The number of carbonyl (C=O) groups excluding carboxylic acids is 1. The van der Waals surface area contributed by atoms with Crippen molar-refractivity contribution in [3.63, 3.8) is 0 Å². The molecule has 1 amide bonds. The van der Waals surface area contributed by atoms with Crippen LogP contribution in [-0.2, 0) is 4.79 Å². The number of aryl methyl sites for hydroxylation is 1. The Balaban J connectivity index is 2.47. The molecule has 4 nitrogen and oxygen atoms in total. The number of hydrogen-bond donors (Lipinski definition) is 2. The summed E-state index contributed by atoms with van der Waals surface area (Å²) in [6.45, 7) is 4.83. The third kappa shape index (κ3) is 6.17. The quantitative estimate of drug-likeness (QED) is 0.732. The van der Waals surface area contributed by atoms with Crippen LogP contribution in [0, 0.1) is 12.8 Å². The predicted molar refractivity (Wildman–Crippen MR) is 87.7 cm³/mol. The average Bonchev–Trinajstić information content (AvgIpc) is 2.45. The van der Waals surface area contributed by atoms with Crippen molar-refractivity contribution in [1.82, 2.24) is 0 Å². The van der Waals surface area contributed by atoms with Gasteiger partial charge >= 0.3 is 0 Å². The van der Waals surface area contributed by atoms with Gasteiger partial charge in [0, 0.05) is 12.1 Å². The lowest BCUT2D eigenvalue weighted by Crippen LogP contribution is -2.15. The Bertz CT molecular complexity index is 440. The number of carbonyl (C=O) groups is 1. The molecule has 4 heteroatoms. The standard InChI is InChI=1S/C17H28N2O2/c1-4-5-14(10-11-18)6-9-17(20)19-15-7-8-16(21-3)13(2)12-15/h7-8,12,14H,4-6,9-11,18H2,1-3H3,(H,19,20). The molecule has 21 heavy (non-hydrogen) atoms. The molecule has 0 spiro atoms. The summed E-state index contributed by atoms with van der Waals surface area (Å²) >= 11 is 0. The topological polar surface area (TPSA) is 64.4 Å². The molecule has 0 aliphatic rings. The van der Waals surface area contributed by atoms with Crippen molar-refractivity contribution in [2.45, 2.75) is 46.0 Å². The molecule has 1 aromatic carbocycles. The summed E-state index contributed by atoms with van der Waals surface area (Å²) < 4.78 is 5.21. The van der Waals surface area contributed by atoms with E-state index in [-0.39, 0.29) is 5.91 Å². The molecular weight excluding hydrogens is 264 g/mol. The molecule has 118 valence electrons. The Morgan fingerprint density at radius 3 is 2.67 bits per heavy atom. The summed E-state index contributed by atoms with van der Waals surface area (Å²) in [7, 11) is 1.64. The van der Waals surface area contributed by atoms with Crippen LogP contribution in [0.1, 0.15) is 44.6 Å². The number of ether oxygens (including phenoxy) is 1. The van der Waals surface area contributed by atoms with Crippen molar-refractivity contribution >= 4 is 11.6 Å². The van der Waals surface area contributed by atoms with E-state index >= 15 is 0 Å². The maximum atomic E-state index is 12.0. The number of nitrogens with two attached hydrogens (primary N) is 1. The number of methoxy groups -OCH3 is 1. The number of anilines is 1. The van der Waals surface area contributed by atoms with Crippen molar-refractivity contribution in [1.29, 1.82) is 0 Å². The fourth-order valence-corrected chi connectivity index (χ4v) is 2.59. The second-order valence-corrected chi connectivity index (χ2v) is 5.50. The molecule has 0 aromatic heterocycles. The van der Waals surface area contributed by atoms with Crippen molar-refractivity contribution in [3.05, 3.63) is 23.8 Å². The number of amides is 1. The third-order valence-corrected chi connectivity index (χ3v) is 3.73. The SMILES string of the molecule is CCCC(CCN)CCC(=O)Nc1ccc(OC)c(C)c1. The molecule has 1 rings (SSSR count). The van der Waals surface area contributed by atoms with Gasteiger partial charge in [-0.1, -0.05) is 19.8 Å². The lowest BCUT2D eigenvalue weighted by Gasteiger charge is -2.15. The minimum atomic E-state index is 0.0673. The van der Waals surface area contributed by atoms with Crippen molar-refractivity contribution < 1.29 is 9.53 Å². The molecule has 1 atom stereocenters. The van der Waals surface area contributed by atoms with Crippen LogP contribution in [0.3, 0.4) is 0 Å². The zero-order valence-corrected chi connectivity index (χ0v) is 13.4. The smallest absolute Gasteiger partial charge is 0.224 e. The Morgan fingerprint density at radius 2 is 2.10 bits per heavy atom. The Morgan fingerprint density at radius 1 is 1.33 bits per heavy atom. The van der Waals surface area contributed by atoms with E-state index < -0.39 is 0 Å². The fourth-order valence-electron chi connectivity index (χ4n) is 2.59. The van der Waals surface area contributed by atoms with Gasteiger partial charge in [0.05, 0.1) is 7.11 Å². The Labute approximate surface area is 128 Å². The van der Waals surface area contributed by atoms with Crippen molar-refractivity contribution in [2.24, 2.45) is 11.7 Å². The summed E-state index contributed by atoms with van der Waals surface area (Å²) in [4.78, 5) is 12.0. The zero-order chi connectivity index (χ0) is 15.7. The molecule has 0 heterocycles. The van der Waals surface area contributed by atoms with Crippen molar-refractivity contribution in [2.75, 3.05) is 19.0 Å². The van der Waals surface area contributed by atoms with E-state index in [2.05, 4.69) is 12.2 Å². The van der Waals surface area contributed by atoms with Gasteiger partial charge in [-0.25, -0.2) is 0 Å². The third-order valence-electron chi connectivity index (χ3n) is 3.73. The molecule has 0 saturated carbocycles. The maximum Gasteiger partial charge on any atom is 0.224 e. The van der Waals surface area contributed by atoms with Crippen LogP contribution in [0.2, 0.25) is 0 Å². The number of benzene rings is 1. The monoisotopic (exact) mass is 292 g/mol. The van der Waals surface area contributed by atoms with Crippen LogP contribution in [0.5, 0.6) is 5.75 Å². The van der Waals surface area contributed by atoms with Crippen molar-refractivity contribution in [3.8, 4) is 5.75 Å². The van der Waals surface area contributed by atoms with Gasteiger partial charge in [0.15, 0.2) is 0 Å². The summed E-state index contributed by atoms with van der Waals surface area (Å²) in [5.41, 5.74) is 7.46. The molecule has 1 unspecified atom stereocenters. The van der Waals surface area contributed by atoms with Gasteiger partial charge in [0.2, 0.25) is 5.91 Å². The van der Waals surface area contributed by atoms with E-state index in [0.717, 1.165) is 42.7 Å². The number of rotatable bonds is 9. The Hall–Kier alpha value is -1.55. The molecule has 0 aliphatic heterocycles. The van der Waals surface area contributed by atoms with Crippen LogP contribution in [-0.4, -0.2) is 19.6 Å². The van der Waals surface area contributed by atoms with Crippen LogP contribution in [0.15, 0.2) is 18.2 Å². The summed E-state index contributed by atoms with van der Waals surface area (Å²) in [6.07, 6.45) is 4.75. The van der Waals surface area contributed by atoms with Crippen LogP contribution >= 0.6 is 0 Å². The van der Waals surface area contributed by atoms with Gasteiger partial charge in [-0.2, -0.15) is 0 Å². The normalized spacial score (nSPS) is 12.0. The van der Waals surface area contributed by atoms with Crippen LogP contribution in [0.4, 0.5) is 5.69 Å². The van der Waals surface area contributed by atoms with Gasteiger partial charge < -0.3 is 15.8 Å². The van der Waals surface area contributed by atoms with Crippen LogP contribution < -0.4 is 15.8 Å². The first-order chi connectivity index (χ1) is 10.1. The highest BCUT2D eigenvalue weighted by Crippen LogP contribution is 2.22. The lowest BCUT2D eigenvalue weighted by atomic mass is 9.94. The van der Waals surface area contributed by atoms with Gasteiger partial charge in [-0.15, -0.1) is 0 Å². The Kier molecular flexibility index (Phi) is 7.83. The summed E-state index contributed by atoms with van der Waals surface area (Å²) in [5, 5.41) is 2.95. The molecule has 0 fully saturated rings. The first-order valence-electron chi connectivity index (χ1n) is 7.75. The molecule has 1 aromatic rings. The first kappa shape index (κ1) is 17.5. The number of nitrogens with one attached hydrogen (secondary N) is 1. The zero-order valence-electron chi connectivity index (χ0n) is 13.4. The molecule has 0 aliphatic carbocycles. The van der Waals surface area contributed by atoms with E-state index in [9.17, 15) is 4.79 Å². The second-order valence-electron chi connectivity index (χ2n) is 5.50. The fraction of sp³-hybridized carbons (Fsp3) is 0.588. The van der Waals surface area contributed by atoms with Gasteiger partial charge in [-0.3, -0.25) is 4.79 Å². The molecule has 0 radical (unpaired) electrons. The molecule has 3 N–H and O–H groups in total.